The molecule has 0 aliphatic heterocycles. The van der Waals surface area contributed by atoms with Crippen molar-refractivity contribution in [1.82, 2.24) is 5.32 Å². The Bertz CT molecular complexity index is 796. The first-order chi connectivity index (χ1) is 11.5. The number of hydrogen-bond donors (Lipinski definition) is 3. The lowest BCUT2D eigenvalue weighted by atomic mass is 10.1. The highest BCUT2D eigenvalue weighted by Gasteiger charge is 2.14. The molecule has 0 spiro atoms. The Morgan fingerprint density at radius 1 is 1.08 bits per heavy atom. The van der Waals surface area contributed by atoms with Crippen LogP contribution in [0.2, 0.25) is 0 Å². The van der Waals surface area contributed by atoms with Crippen molar-refractivity contribution in [3.05, 3.63) is 59.7 Å². The Morgan fingerprint density at radius 2 is 1.79 bits per heavy atom. The topological polar surface area (TPSA) is 94.0 Å². The van der Waals surface area contributed by atoms with Crippen LogP contribution in [0.4, 0.5) is 11.4 Å². The van der Waals surface area contributed by atoms with Gasteiger partial charge in [0.2, 0.25) is 5.91 Å². The maximum atomic E-state index is 12.3. The molecule has 24 heavy (non-hydrogen) atoms. The zero-order valence-corrected chi connectivity index (χ0v) is 13.5. The number of rotatable bonds is 5. The van der Waals surface area contributed by atoms with Crippen LogP contribution in [0.1, 0.15) is 22.8 Å². The summed E-state index contributed by atoms with van der Waals surface area (Å²) in [6.45, 7) is 1.72. The van der Waals surface area contributed by atoms with E-state index in [1.807, 2.05) is 6.07 Å². The fraction of sp³-hybridized carbons (Fsp3) is 0.167. The van der Waals surface area contributed by atoms with E-state index in [-0.39, 0.29) is 11.8 Å². The van der Waals surface area contributed by atoms with Crippen LogP contribution in [0.15, 0.2) is 48.5 Å². The molecule has 0 saturated carbocycles. The third-order valence-electron chi connectivity index (χ3n) is 3.39. The SMILES string of the molecule is CNC(=O)c1cccc(NC(C)C(=O)Nc2cccc(C#N)c2)c1. The van der Waals surface area contributed by atoms with E-state index in [0.29, 0.717) is 22.5 Å². The normalized spacial score (nSPS) is 11.0. The maximum absolute atomic E-state index is 12.3. The van der Waals surface area contributed by atoms with E-state index >= 15 is 0 Å². The van der Waals surface area contributed by atoms with Gasteiger partial charge in [-0.3, -0.25) is 9.59 Å². The Labute approximate surface area is 140 Å². The van der Waals surface area contributed by atoms with Gasteiger partial charge in [0, 0.05) is 24.0 Å². The Kier molecular flexibility index (Phi) is 5.53. The van der Waals surface area contributed by atoms with Gasteiger partial charge in [-0.25, -0.2) is 0 Å². The molecular weight excluding hydrogens is 304 g/mol. The van der Waals surface area contributed by atoms with Gasteiger partial charge in [0.15, 0.2) is 0 Å². The molecule has 0 fully saturated rings. The number of benzene rings is 2. The van der Waals surface area contributed by atoms with E-state index in [2.05, 4.69) is 16.0 Å². The van der Waals surface area contributed by atoms with Crippen LogP contribution in [0, 0.1) is 11.3 Å². The molecule has 0 aliphatic rings. The van der Waals surface area contributed by atoms with E-state index in [4.69, 9.17) is 5.26 Å². The predicted molar refractivity (Wildman–Crippen MR) is 92.7 cm³/mol. The van der Waals surface area contributed by atoms with Crippen molar-refractivity contribution in [2.75, 3.05) is 17.7 Å². The second-order valence-corrected chi connectivity index (χ2v) is 5.21. The van der Waals surface area contributed by atoms with Crippen molar-refractivity contribution in [1.29, 1.82) is 5.26 Å². The highest BCUT2D eigenvalue weighted by molar-refractivity contribution is 5.97. The summed E-state index contributed by atoms with van der Waals surface area (Å²) in [4.78, 5) is 23.9. The fourth-order valence-electron chi connectivity index (χ4n) is 2.13. The molecule has 0 saturated heterocycles. The molecule has 0 aliphatic carbocycles. The summed E-state index contributed by atoms with van der Waals surface area (Å²) in [7, 11) is 1.56. The first-order valence-electron chi connectivity index (χ1n) is 7.43. The van der Waals surface area contributed by atoms with E-state index in [1.165, 1.54) is 0 Å². The van der Waals surface area contributed by atoms with Gasteiger partial charge in [-0.2, -0.15) is 5.26 Å². The highest BCUT2D eigenvalue weighted by atomic mass is 16.2. The van der Waals surface area contributed by atoms with Crippen molar-refractivity contribution in [3.8, 4) is 6.07 Å². The quantitative estimate of drug-likeness (QED) is 0.787. The summed E-state index contributed by atoms with van der Waals surface area (Å²) >= 11 is 0. The second kappa shape index (κ2) is 7.79. The molecule has 6 nitrogen and oxygen atoms in total. The van der Waals surface area contributed by atoms with E-state index in [1.54, 1.807) is 62.5 Å². The number of carbonyl (C=O) groups excluding carboxylic acids is 2. The van der Waals surface area contributed by atoms with Crippen LogP contribution in [0.3, 0.4) is 0 Å². The van der Waals surface area contributed by atoms with Gasteiger partial charge in [-0.15, -0.1) is 0 Å². The molecule has 2 aromatic rings. The molecule has 3 N–H and O–H groups in total. The molecule has 0 heterocycles. The number of amides is 2. The average Bonchev–Trinajstić information content (AvgIpc) is 2.61. The lowest BCUT2D eigenvalue weighted by molar-refractivity contribution is -0.116. The molecule has 2 amide bonds. The molecular formula is C18H18N4O2. The van der Waals surface area contributed by atoms with Crippen molar-refractivity contribution < 1.29 is 9.59 Å². The summed E-state index contributed by atoms with van der Waals surface area (Å²) in [5, 5.41) is 17.2. The molecule has 0 aromatic heterocycles. The molecule has 1 unspecified atom stereocenters. The zero-order chi connectivity index (χ0) is 17.5. The second-order valence-electron chi connectivity index (χ2n) is 5.21. The summed E-state index contributed by atoms with van der Waals surface area (Å²) in [6, 6.07) is 15.1. The Hall–Kier alpha value is -3.33. The van der Waals surface area contributed by atoms with Crippen LogP contribution in [0.5, 0.6) is 0 Å². The molecule has 122 valence electrons. The number of anilines is 2. The van der Waals surface area contributed by atoms with Gasteiger partial charge in [0.05, 0.1) is 11.6 Å². The minimum Gasteiger partial charge on any atom is -0.374 e. The number of nitrogens with one attached hydrogen (secondary N) is 3. The van der Waals surface area contributed by atoms with Crippen LogP contribution >= 0.6 is 0 Å². The van der Waals surface area contributed by atoms with Gasteiger partial charge in [0.25, 0.3) is 5.91 Å². The summed E-state index contributed by atoms with van der Waals surface area (Å²) < 4.78 is 0. The average molecular weight is 322 g/mol. The lowest BCUT2D eigenvalue weighted by Gasteiger charge is -2.16. The molecule has 1 atom stereocenters. The first kappa shape index (κ1) is 17.0. The summed E-state index contributed by atoms with van der Waals surface area (Å²) in [5.41, 5.74) is 2.22. The van der Waals surface area contributed by atoms with Crippen LogP contribution in [-0.2, 0) is 4.79 Å². The number of nitrogens with zero attached hydrogens (tertiary/aromatic N) is 1. The molecule has 2 rings (SSSR count). The Morgan fingerprint density at radius 3 is 2.50 bits per heavy atom. The standard InChI is InChI=1S/C18H18N4O2/c1-12(17(23)22-15-7-3-5-13(9-15)11-19)21-16-8-4-6-14(10-16)18(24)20-2/h3-10,12,21H,1-2H3,(H,20,24)(H,22,23). The van der Waals surface area contributed by atoms with Gasteiger partial charge >= 0.3 is 0 Å². The van der Waals surface area contributed by atoms with Crippen LogP contribution in [0.25, 0.3) is 0 Å². The van der Waals surface area contributed by atoms with Gasteiger partial charge in [0.1, 0.15) is 6.04 Å². The number of nitriles is 1. The van der Waals surface area contributed by atoms with Crippen LogP contribution in [-0.4, -0.2) is 24.9 Å². The highest BCUT2D eigenvalue weighted by Crippen LogP contribution is 2.14. The van der Waals surface area contributed by atoms with E-state index < -0.39 is 6.04 Å². The molecule has 0 bridgehead atoms. The minimum absolute atomic E-state index is 0.191. The lowest BCUT2D eigenvalue weighted by Crippen LogP contribution is -2.32. The van der Waals surface area contributed by atoms with E-state index in [9.17, 15) is 9.59 Å². The van der Waals surface area contributed by atoms with Crippen molar-refractivity contribution in [3.63, 3.8) is 0 Å². The van der Waals surface area contributed by atoms with Crippen molar-refractivity contribution >= 4 is 23.2 Å². The van der Waals surface area contributed by atoms with Crippen LogP contribution < -0.4 is 16.0 Å². The number of hydrogen-bond acceptors (Lipinski definition) is 4. The van der Waals surface area contributed by atoms with Gasteiger partial charge < -0.3 is 16.0 Å². The summed E-state index contributed by atoms with van der Waals surface area (Å²) in [5.74, 6) is -0.431. The third-order valence-corrected chi connectivity index (χ3v) is 3.39. The van der Waals surface area contributed by atoms with Crippen molar-refractivity contribution in [2.45, 2.75) is 13.0 Å². The first-order valence-corrected chi connectivity index (χ1v) is 7.43. The molecule has 0 radical (unpaired) electrons. The monoisotopic (exact) mass is 322 g/mol. The number of carbonyl (C=O) groups is 2. The minimum atomic E-state index is -0.518. The zero-order valence-electron chi connectivity index (χ0n) is 13.5. The molecule has 6 heteroatoms. The molecule has 2 aromatic carbocycles. The predicted octanol–water partition coefficient (Wildman–Crippen LogP) is 2.36. The Balaban J connectivity index is 2.03. The summed E-state index contributed by atoms with van der Waals surface area (Å²) in [6.07, 6.45) is 0. The van der Waals surface area contributed by atoms with Gasteiger partial charge in [-0.05, 0) is 43.3 Å². The smallest absolute Gasteiger partial charge is 0.251 e. The fourth-order valence-corrected chi connectivity index (χ4v) is 2.13. The van der Waals surface area contributed by atoms with Crippen molar-refractivity contribution in [2.24, 2.45) is 0 Å². The van der Waals surface area contributed by atoms with Gasteiger partial charge in [-0.1, -0.05) is 12.1 Å². The van der Waals surface area contributed by atoms with E-state index in [0.717, 1.165) is 0 Å². The maximum Gasteiger partial charge on any atom is 0.251 e. The third kappa shape index (κ3) is 4.34. The largest absolute Gasteiger partial charge is 0.374 e.